The molecular weight excluding hydrogens is 387 g/mol. The molecule has 1 aliphatic rings. The molecule has 2 aromatic rings. The summed E-state index contributed by atoms with van der Waals surface area (Å²) in [5.74, 6) is 1.04. The lowest BCUT2D eigenvalue weighted by Gasteiger charge is -2.20. The fraction of sp³-hybridized carbons (Fsp3) is 0.412. The number of likely N-dealkylation sites (tertiary alicyclic amines) is 1. The maximum absolute atomic E-state index is 4.82. The van der Waals surface area contributed by atoms with E-state index in [0.717, 1.165) is 31.1 Å². The van der Waals surface area contributed by atoms with Gasteiger partial charge in [-0.25, -0.2) is 4.99 Å². The molecule has 1 saturated heterocycles. The molecule has 0 amide bonds. The Morgan fingerprint density at radius 1 is 1.23 bits per heavy atom. The molecule has 1 aliphatic heterocycles. The minimum absolute atomic E-state index is 0. The Labute approximate surface area is 149 Å². The van der Waals surface area contributed by atoms with E-state index in [1.54, 1.807) is 0 Å². The first-order valence-electron chi connectivity index (χ1n) is 7.74. The topological polar surface area (TPSA) is 40.5 Å². The van der Waals surface area contributed by atoms with Crippen LogP contribution in [0, 0.1) is 0 Å². The predicted octanol–water partition coefficient (Wildman–Crippen LogP) is 3.41. The van der Waals surface area contributed by atoms with Crippen LogP contribution in [0.25, 0.3) is 10.9 Å². The molecule has 118 valence electrons. The van der Waals surface area contributed by atoms with Crippen LogP contribution < -0.4 is 5.32 Å². The van der Waals surface area contributed by atoms with Crippen LogP contribution >= 0.6 is 24.0 Å². The Kier molecular flexibility index (Phi) is 6.42. The molecule has 1 aromatic carbocycles. The molecule has 22 heavy (non-hydrogen) atoms. The highest BCUT2D eigenvalue weighted by Crippen LogP contribution is 2.17. The number of halogens is 1. The second kappa shape index (κ2) is 8.31. The predicted molar refractivity (Wildman–Crippen MR) is 103 cm³/mol. The summed E-state index contributed by atoms with van der Waals surface area (Å²) in [6, 6.07) is 10.3. The number of hydrogen-bond acceptors (Lipinski definition) is 2. The monoisotopic (exact) mass is 410 g/mol. The van der Waals surface area contributed by atoms with Crippen LogP contribution in [0.4, 0.5) is 0 Å². The molecule has 3 rings (SSSR count). The van der Waals surface area contributed by atoms with Crippen LogP contribution in [0.1, 0.15) is 25.3 Å². The minimum atomic E-state index is 0. The first-order chi connectivity index (χ1) is 10.4. The number of aromatic nitrogens is 1. The third-order valence-electron chi connectivity index (χ3n) is 3.88. The van der Waals surface area contributed by atoms with E-state index < -0.39 is 0 Å². The lowest BCUT2D eigenvalue weighted by atomic mass is 10.1. The molecular formula is C17H23IN4. The van der Waals surface area contributed by atoms with E-state index in [1.807, 2.05) is 18.3 Å². The summed E-state index contributed by atoms with van der Waals surface area (Å²) in [6.45, 7) is 5.95. The molecule has 1 aromatic heterocycles. The number of para-hydroxylation sites is 1. The molecule has 0 aliphatic carbocycles. The summed E-state index contributed by atoms with van der Waals surface area (Å²) in [4.78, 5) is 11.6. The quantitative estimate of drug-likeness (QED) is 0.479. The Bertz CT molecular complexity index is 630. The highest BCUT2D eigenvalue weighted by molar-refractivity contribution is 14.0. The van der Waals surface area contributed by atoms with E-state index in [1.165, 1.54) is 23.8 Å². The van der Waals surface area contributed by atoms with Gasteiger partial charge in [0.15, 0.2) is 5.96 Å². The van der Waals surface area contributed by atoms with Gasteiger partial charge in [0.1, 0.15) is 0 Å². The number of nitrogens with one attached hydrogen (secondary N) is 1. The van der Waals surface area contributed by atoms with Crippen LogP contribution in [0.15, 0.2) is 41.5 Å². The largest absolute Gasteiger partial charge is 0.357 e. The van der Waals surface area contributed by atoms with Gasteiger partial charge < -0.3 is 10.2 Å². The summed E-state index contributed by atoms with van der Waals surface area (Å²) in [6.07, 6.45) is 4.40. The van der Waals surface area contributed by atoms with Crippen molar-refractivity contribution in [2.24, 2.45) is 4.99 Å². The fourth-order valence-corrected chi connectivity index (χ4v) is 2.81. The number of pyridine rings is 1. The Balaban J connectivity index is 0.00000176. The normalized spacial score (nSPS) is 15.0. The van der Waals surface area contributed by atoms with Crippen molar-refractivity contribution in [3.05, 3.63) is 42.1 Å². The van der Waals surface area contributed by atoms with Crippen molar-refractivity contribution in [1.29, 1.82) is 0 Å². The summed E-state index contributed by atoms with van der Waals surface area (Å²) in [7, 11) is 0. The van der Waals surface area contributed by atoms with Gasteiger partial charge in [-0.05, 0) is 37.5 Å². The molecule has 0 radical (unpaired) electrons. The third-order valence-corrected chi connectivity index (χ3v) is 3.88. The number of hydrogen-bond donors (Lipinski definition) is 1. The van der Waals surface area contributed by atoms with E-state index in [0.29, 0.717) is 6.54 Å². The Hall–Kier alpha value is -1.37. The average Bonchev–Trinajstić information content (AvgIpc) is 3.05. The van der Waals surface area contributed by atoms with E-state index >= 15 is 0 Å². The van der Waals surface area contributed by atoms with E-state index in [9.17, 15) is 0 Å². The second-order valence-corrected chi connectivity index (χ2v) is 5.35. The zero-order valence-corrected chi connectivity index (χ0v) is 15.3. The van der Waals surface area contributed by atoms with Gasteiger partial charge >= 0.3 is 0 Å². The lowest BCUT2D eigenvalue weighted by molar-refractivity contribution is 0.494. The summed E-state index contributed by atoms with van der Waals surface area (Å²) >= 11 is 0. The smallest absolute Gasteiger partial charge is 0.194 e. The van der Waals surface area contributed by atoms with Crippen molar-refractivity contribution in [3.8, 4) is 0 Å². The lowest BCUT2D eigenvalue weighted by Crippen LogP contribution is -2.39. The molecule has 0 spiro atoms. The van der Waals surface area contributed by atoms with Crippen molar-refractivity contribution in [2.45, 2.75) is 26.3 Å². The molecule has 1 fully saturated rings. The molecule has 2 heterocycles. The maximum Gasteiger partial charge on any atom is 0.194 e. The van der Waals surface area contributed by atoms with Gasteiger partial charge in [0, 0.05) is 31.2 Å². The van der Waals surface area contributed by atoms with Crippen LogP contribution in [0.5, 0.6) is 0 Å². The van der Waals surface area contributed by atoms with Gasteiger partial charge in [0.25, 0.3) is 0 Å². The van der Waals surface area contributed by atoms with Crippen LogP contribution in [-0.2, 0) is 6.54 Å². The van der Waals surface area contributed by atoms with Crippen LogP contribution in [0.3, 0.4) is 0 Å². The average molecular weight is 410 g/mol. The zero-order valence-electron chi connectivity index (χ0n) is 13.0. The van der Waals surface area contributed by atoms with Crippen LogP contribution in [0.2, 0.25) is 0 Å². The number of aliphatic imine (C=N–C) groups is 1. The van der Waals surface area contributed by atoms with Gasteiger partial charge in [-0.15, -0.1) is 24.0 Å². The van der Waals surface area contributed by atoms with E-state index in [4.69, 9.17) is 4.99 Å². The van der Waals surface area contributed by atoms with Crippen LogP contribution in [-0.4, -0.2) is 35.5 Å². The number of fused-ring (bicyclic) bond motifs is 1. The van der Waals surface area contributed by atoms with Crippen molar-refractivity contribution in [1.82, 2.24) is 15.2 Å². The molecule has 1 N–H and O–H groups in total. The fourth-order valence-electron chi connectivity index (χ4n) is 2.81. The second-order valence-electron chi connectivity index (χ2n) is 5.35. The third kappa shape index (κ3) is 3.88. The van der Waals surface area contributed by atoms with Gasteiger partial charge in [-0.2, -0.15) is 0 Å². The van der Waals surface area contributed by atoms with Crippen molar-refractivity contribution >= 4 is 40.8 Å². The number of benzene rings is 1. The van der Waals surface area contributed by atoms with Gasteiger partial charge in [0.2, 0.25) is 0 Å². The highest BCUT2D eigenvalue weighted by Gasteiger charge is 2.15. The standard InChI is InChI=1S/C17H22N4.HI/c1-2-18-17(21-11-5-6-12-21)20-13-14-9-10-19-16-8-4-3-7-15(14)16;/h3-4,7-10H,2,5-6,11-13H2,1H3,(H,18,20);1H. The zero-order chi connectivity index (χ0) is 14.5. The summed E-state index contributed by atoms with van der Waals surface area (Å²) in [5, 5.41) is 4.60. The van der Waals surface area contributed by atoms with Crippen molar-refractivity contribution in [2.75, 3.05) is 19.6 Å². The van der Waals surface area contributed by atoms with Gasteiger partial charge in [-0.3, -0.25) is 4.98 Å². The molecule has 0 bridgehead atoms. The molecule has 0 unspecified atom stereocenters. The van der Waals surface area contributed by atoms with E-state index in [2.05, 4.69) is 40.3 Å². The maximum atomic E-state index is 4.82. The first kappa shape index (κ1) is 17.0. The van der Waals surface area contributed by atoms with Crippen molar-refractivity contribution in [3.63, 3.8) is 0 Å². The number of guanidine groups is 1. The molecule has 0 saturated carbocycles. The Morgan fingerprint density at radius 2 is 2.00 bits per heavy atom. The summed E-state index contributed by atoms with van der Waals surface area (Å²) in [5.41, 5.74) is 2.27. The molecule has 4 nitrogen and oxygen atoms in total. The SMILES string of the molecule is CCNC(=NCc1ccnc2ccccc12)N1CCCC1.I. The minimum Gasteiger partial charge on any atom is -0.357 e. The summed E-state index contributed by atoms with van der Waals surface area (Å²) < 4.78 is 0. The number of nitrogens with zero attached hydrogens (tertiary/aromatic N) is 3. The molecule has 5 heteroatoms. The Morgan fingerprint density at radius 3 is 2.77 bits per heavy atom. The van der Waals surface area contributed by atoms with E-state index in [-0.39, 0.29) is 24.0 Å². The highest BCUT2D eigenvalue weighted by atomic mass is 127. The van der Waals surface area contributed by atoms with Crippen molar-refractivity contribution < 1.29 is 0 Å². The first-order valence-corrected chi connectivity index (χ1v) is 7.74. The van der Waals surface area contributed by atoms with Gasteiger partial charge in [-0.1, -0.05) is 18.2 Å². The number of rotatable bonds is 3. The molecule has 0 atom stereocenters. The van der Waals surface area contributed by atoms with Gasteiger partial charge in [0.05, 0.1) is 12.1 Å².